The molecule has 0 spiro atoms. The van der Waals surface area contributed by atoms with Crippen molar-refractivity contribution in [2.24, 2.45) is 11.8 Å². The van der Waals surface area contributed by atoms with Crippen LogP contribution < -0.4 is 11.3 Å². The summed E-state index contributed by atoms with van der Waals surface area (Å²) in [6, 6.07) is 4.32. The maximum absolute atomic E-state index is 5.56. The van der Waals surface area contributed by atoms with E-state index in [1.165, 1.54) is 5.56 Å². The third-order valence-corrected chi connectivity index (χ3v) is 2.67. The number of hydrogen-bond donors (Lipinski definition) is 2. The van der Waals surface area contributed by atoms with E-state index in [1.807, 2.05) is 19.2 Å². The standard InChI is InChI=1S/C11H19N3/c1-4-8(2)11(14-12)10-5-6-13-9(3)7-10/h5-8,11,14H,4,12H2,1-3H3. The number of nitrogens with zero attached hydrogens (tertiary/aromatic N) is 1. The number of aryl methyl sites for hydroxylation is 1. The maximum atomic E-state index is 5.56. The van der Waals surface area contributed by atoms with Gasteiger partial charge in [0.25, 0.3) is 0 Å². The third-order valence-electron chi connectivity index (χ3n) is 2.67. The van der Waals surface area contributed by atoms with Crippen molar-refractivity contribution in [1.29, 1.82) is 0 Å². The molecule has 0 bridgehead atoms. The summed E-state index contributed by atoms with van der Waals surface area (Å²) < 4.78 is 0. The molecule has 2 atom stereocenters. The minimum Gasteiger partial charge on any atom is -0.271 e. The molecule has 0 amide bonds. The van der Waals surface area contributed by atoms with Gasteiger partial charge in [-0.05, 0) is 30.5 Å². The number of nitrogens with one attached hydrogen (secondary N) is 1. The Hall–Kier alpha value is -0.930. The van der Waals surface area contributed by atoms with E-state index >= 15 is 0 Å². The lowest BCUT2D eigenvalue weighted by Gasteiger charge is -2.22. The van der Waals surface area contributed by atoms with Crippen LogP contribution >= 0.6 is 0 Å². The van der Waals surface area contributed by atoms with Crippen molar-refractivity contribution in [3.05, 3.63) is 29.6 Å². The number of aromatic nitrogens is 1. The Morgan fingerprint density at radius 3 is 2.79 bits per heavy atom. The van der Waals surface area contributed by atoms with Gasteiger partial charge in [-0.25, -0.2) is 0 Å². The lowest BCUT2D eigenvalue weighted by atomic mass is 9.93. The summed E-state index contributed by atoms with van der Waals surface area (Å²) in [7, 11) is 0. The maximum Gasteiger partial charge on any atom is 0.0486 e. The first-order valence-electron chi connectivity index (χ1n) is 5.07. The van der Waals surface area contributed by atoms with Crippen molar-refractivity contribution < 1.29 is 0 Å². The summed E-state index contributed by atoms with van der Waals surface area (Å²) in [5.41, 5.74) is 5.12. The molecular weight excluding hydrogens is 174 g/mol. The molecule has 0 radical (unpaired) electrons. The first-order valence-corrected chi connectivity index (χ1v) is 5.07. The molecule has 0 aliphatic carbocycles. The van der Waals surface area contributed by atoms with E-state index < -0.39 is 0 Å². The van der Waals surface area contributed by atoms with Crippen LogP contribution in [0.4, 0.5) is 0 Å². The number of nitrogens with two attached hydrogens (primary N) is 1. The van der Waals surface area contributed by atoms with Crippen LogP contribution in [0.2, 0.25) is 0 Å². The summed E-state index contributed by atoms with van der Waals surface area (Å²) in [6.45, 7) is 6.36. The highest BCUT2D eigenvalue weighted by molar-refractivity contribution is 5.19. The van der Waals surface area contributed by atoms with Gasteiger partial charge < -0.3 is 0 Å². The van der Waals surface area contributed by atoms with Crippen LogP contribution in [-0.2, 0) is 0 Å². The van der Waals surface area contributed by atoms with Gasteiger partial charge in [-0.15, -0.1) is 0 Å². The Kier molecular flexibility index (Phi) is 4.04. The van der Waals surface area contributed by atoms with Crippen molar-refractivity contribution >= 4 is 0 Å². The molecule has 2 unspecified atom stereocenters. The number of hydrazine groups is 1. The Balaban J connectivity index is 2.89. The van der Waals surface area contributed by atoms with E-state index in [2.05, 4.69) is 30.3 Å². The molecule has 14 heavy (non-hydrogen) atoms. The minimum absolute atomic E-state index is 0.224. The van der Waals surface area contributed by atoms with Gasteiger partial charge >= 0.3 is 0 Å². The predicted molar refractivity (Wildman–Crippen MR) is 58.5 cm³/mol. The van der Waals surface area contributed by atoms with E-state index in [0.717, 1.165) is 12.1 Å². The zero-order chi connectivity index (χ0) is 10.6. The van der Waals surface area contributed by atoms with Crippen LogP contribution in [-0.4, -0.2) is 4.98 Å². The summed E-state index contributed by atoms with van der Waals surface area (Å²) in [5, 5.41) is 0. The summed E-state index contributed by atoms with van der Waals surface area (Å²) in [5.74, 6) is 6.09. The molecular formula is C11H19N3. The average Bonchev–Trinajstić information content (AvgIpc) is 2.19. The SMILES string of the molecule is CCC(C)C(NN)c1ccnc(C)c1. The molecule has 78 valence electrons. The smallest absolute Gasteiger partial charge is 0.0486 e. The Labute approximate surface area is 85.7 Å². The lowest BCUT2D eigenvalue weighted by Crippen LogP contribution is -2.32. The molecule has 0 fully saturated rings. The predicted octanol–water partition coefficient (Wildman–Crippen LogP) is 1.94. The van der Waals surface area contributed by atoms with Gasteiger partial charge in [0, 0.05) is 17.9 Å². The van der Waals surface area contributed by atoms with Crippen molar-refractivity contribution in [3.8, 4) is 0 Å². The Morgan fingerprint density at radius 1 is 1.57 bits per heavy atom. The fourth-order valence-corrected chi connectivity index (χ4v) is 1.59. The van der Waals surface area contributed by atoms with Crippen molar-refractivity contribution in [2.45, 2.75) is 33.2 Å². The van der Waals surface area contributed by atoms with Gasteiger partial charge in [-0.2, -0.15) is 0 Å². The van der Waals surface area contributed by atoms with Gasteiger partial charge in [-0.1, -0.05) is 20.3 Å². The Bertz CT molecular complexity index is 286. The molecule has 3 heteroatoms. The van der Waals surface area contributed by atoms with E-state index in [0.29, 0.717) is 5.92 Å². The largest absolute Gasteiger partial charge is 0.271 e. The fourth-order valence-electron chi connectivity index (χ4n) is 1.59. The highest BCUT2D eigenvalue weighted by Crippen LogP contribution is 2.23. The van der Waals surface area contributed by atoms with Crippen LogP contribution in [0, 0.1) is 12.8 Å². The van der Waals surface area contributed by atoms with Crippen molar-refractivity contribution in [2.75, 3.05) is 0 Å². The quantitative estimate of drug-likeness (QED) is 0.567. The average molecular weight is 193 g/mol. The van der Waals surface area contributed by atoms with Gasteiger partial charge in [0.1, 0.15) is 0 Å². The first kappa shape index (κ1) is 11.1. The molecule has 0 aliphatic heterocycles. The second-order valence-corrected chi connectivity index (χ2v) is 3.76. The van der Waals surface area contributed by atoms with Crippen LogP contribution in [0.5, 0.6) is 0 Å². The fraction of sp³-hybridized carbons (Fsp3) is 0.545. The molecule has 0 saturated carbocycles. The molecule has 1 heterocycles. The van der Waals surface area contributed by atoms with Crippen LogP contribution in [0.3, 0.4) is 0 Å². The minimum atomic E-state index is 0.224. The second-order valence-electron chi connectivity index (χ2n) is 3.76. The topological polar surface area (TPSA) is 50.9 Å². The second kappa shape index (κ2) is 5.08. The molecule has 0 saturated heterocycles. The van der Waals surface area contributed by atoms with Crippen molar-refractivity contribution in [1.82, 2.24) is 10.4 Å². The molecule has 0 aromatic carbocycles. The van der Waals surface area contributed by atoms with Crippen LogP contribution in [0.1, 0.15) is 37.6 Å². The molecule has 1 rings (SSSR count). The van der Waals surface area contributed by atoms with Gasteiger partial charge in [0.05, 0.1) is 0 Å². The monoisotopic (exact) mass is 193 g/mol. The molecule has 3 N–H and O–H groups in total. The van der Waals surface area contributed by atoms with E-state index in [-0.39, 0.29) is 6.04 Å². The normalized spacial score (nSPS) is 15.1. The number of rotatable bonds is 4. The summed E-state index contributed by atoms with van der Waals surface area (Å²) in [6.07, 6.45) is 2.94. The van der Waals surface area contributed by atoms with Crippen LogP contribution in [0.15, 0.2) is 18.3 Å². The Morgan fingerprint density at radius 2 is 2.29 bits per heavy atom. The summed E-state index contributed by atoms with van der Waals surface area (Å²) in [4.78, 5) is 4.17. The highest BCUT2D eigenvalue weighted by Gasteiger charge is 2.16. The van der Waals surface area contributed by atoms with E-state index in [1.54, 1.807) is 0 Å². The molecule has 3 nitrogen and oxygen atoms in total. The lowest BCUT2D eigenvalue weighted by molar-refractivity contribution is 0.382. The van der Waals surface area contributed by atoms with Crippen LogP contribution in [0.25, 0.3) is 0 Å². The zero-order valence-corrected chi connectivity index (χ0v) is 9.12. The van der Waals surface area contributed by atoms with E-state index in [9.17, 15) is 0 Å². The highest BCUT2D eigenvalue weighted by atomic mass is 15.2. The van der Waals surface area contributed by atoms with Gasteiger partial charge in [0.2, 0.25) is 0 Å². The van der Waals surface area contributed by atoms with Crippen molar-refractivity contribution in [3.63, 3.8) is 0 Å². The van der Waals surface area contributed by atoms with Gasteiger partial charge in [0.15, 0.2) is 0 Å². The third kappa shape index (κ3) is 2.53. The number of pyridine rings is 1. The van der Waals surface area contributed by atoms with Gasteiger partial charge in [-0.3, -0.25) is 16.3 Å². The molecule has 1 aromatic rings. The molecule has 0 aliphatic rings. The zero-order valence-electron chi connectivity index (χ0n) is 9.12. The summed E-state index contributed by atoms with van der Waals surface area (Å²) >= 11 is 0. The molecule has 1 aromatic heterocycles. The first-order chi connectivity index (χ1) is 6.69. The van der Waals surface area contributed by atoms with E-state index in [4.69, 9.17) is 5.84 Å². The number of hydrogen-bond acceptors (Lipinski definition) is 3.